The molecule has 6 N–H and O–H groups in total. The maximum atomic E-state index is 12.6. The van der Waals surface area contributed by atoms with Gasteiger partial charge in [-0.1, -0.05) is 9.35 Å². The molecule has 1 aliphatic rings. The largest absolute Gasteiger partial charge is 0.689 e. The van der Waals surface area contributed by atoms with E-state index < -0.39 is 44.4 Å². The predicted octanol–water partition coefficient (Wildman–Crippen LogP) is -5.77. The lowest BCUT2D eigenvalue weighted by Crippen LogP contribution is -2.64. The zero-order valence-corrected chi connectivity index (χ0v) is 20.6. The topological polar surface area (TPSA) is 438 Å². The van der Waals surface area contributed by atoms with Crippen LogP contribution in [-0.2, 0) is 154 Å². The second kappa shape index (κ2) is 26.8. The lowest BCUT2D eigenvalue weighted by Gasteiger charge is -2.41. The smallest absolute Gasteiger partial charge is 0.534 e. The first kappa shape index (κ1) is 41.8. The molecule has 270 valence electrons. The van der Waals surface area contributed by atoms with Crippen LogP contribution in [0.5, 0.6) is 0 Å². The minimum Gasteiger partial charge on any atom is -0.689 e. The third kappa shape index (κ3) is 19.2. The van der Waals surface area contributed by atoms with Crippen LogP contribution < -0.4 is 5.26 Å². The third-order valence-electron chi connectivity index (χ3n) is 3.26. The molecule has 39 heteroatoms. The van der Waals surface area contributed by atoms with Crippen molar-refractivity contribution in [3.05, 3.63) is 0 Å². The van der Waals surface area contributed by atoms with E-state index in [1.807, 2.05) is 0 Å². The van der Waals surface area contributed by atoms with Gasteiger partial charge in [-0.25, -0.2) is 9.82 Å². The van der Waals surface area contributed by atoms with E-state index in [1.54, 1.807) is 0 Å². The van der Waals surface area contributed by atoms with Gasteiger partial charge < -0.3 is 30.8 Å². The monoisotopic (exact) mass is 723 g/mol. The minimum atomic E-state index is -5.59. The van der Waals surface area contributed by atoms with Crippen LogP contribution in [-0.4, -0.2) is 67.4 Å². The summed E-state index contributed by atoms with van der Waals surface area (Å²) in [7, 11) is -5.59. The Hall–Kier alpha value is -1.25. The summed E-state index contributed by atoms with van der Waals surface area (Å²) in [6, 6.07) is 0. The summed E-state index contributed by atoms with van der Waals surface area (Å²) in [4.78, 5) is 0. The zero-order valence-electron chi connectivity index (χ0n) is 19.7. The van der Waals surface area contributed by atoms with Crippen molar-refractivity contribution in [1.82, 2.24) is 0 Å². The van der Waals surface area contributed by atoms with E-state index in [4.69, 9.17) is 5.26 Å². The van der Waals surface area contributed by atoms with Crippen LogP contribution >= 0.6 is 7.82 Å². The summed E-state index contributed by atoms with van der Waals surface area (Å²) >= 11 is 0. The van der Waals surface area contributed by atoms with Crippen molar-refractivity contribution in [2.75, 3.05) is 0 Å². The van der Waals surface area contributed by atoms with Gasteiger partial charge in [0.2, 0.25) is 0 Å². The Morgan fingerprint density at radius 2 is 0.667 bits per heavy atom. The second-order valence-corrected chi connectivity index (χ2v) is 6.87. The van der Waals surface area contributed by atoms with Gasteiger partial charge in [0.1, 0.15) is 36.6 Å². The molecule has 0 aromatic carbocycles. The molecule has 0 amide bonds. The van der Waals surface area contributed by atoms with E-state index in [9.17, 15) is 35.4 Å². The van der Waals surface area contributed by atoms with Gasteiger partial charge in [-0.2, -0.15) is 0 Å². The van der Waals surface area contributed by atoms with E-state index in [-0.39, 0.29) is 0 Å². The van der Waals surface area contributed by atoms with E-state index in [0.717, 1.165) is 0 Å². The second-order valence-electron chi connectivity index (χ2n) is 5.46. The molecule has 0 aromatic rings. The van der Waals surface area contributed by atoms with Gasteiger partial charge in [-0.3, -0.25) is 9.56 Å². The van der Waals surface area contributed by atoms with Crippen LogP contribution in [0.15, 0.2) is 0 Å². The molecule has 0 aliphatic heterocycles. The first-order valence-corrected chi connectivity index (χ1v) is 10.6. The summed E-state index contributed by atoms with van der Waals surface area (Å²) < 4.78 is 25.1. The van der Waals surface area contributed by atoms with Crippen molar-refractivity contribution in [2.24, 2.45) is 0 Å². The number of aliphatic hydroxyl groups excluding tert-OH is 5. The fourth-order valence-corrected chi connectivity index (χ4v) is 2.72. The summed E-state index contributed by atoms with van der Waals surface area (Å²) in [5.74, 6) is 0. The molecule has 0 heterocycles. The average Bonchev–Trinajstić information content (AvgIpc) is 3.03. The molecule has 1 saturated carbocycles. The van der Waals surface area contributed by atoms with Gasteiger partial charge >= 0.3 is 7.82 Å². The maximum Gasteiger partial charge on any atom is 0.534 e. The SMILES string of the molecule is O=P(OOOOOOOOOOOOOOO)(OOOOOOOOOOOOOOO[O-])OC1C(O)[C@@H](O)C(O)C(O)[C@H]1O. The Kier molecular flexibility index (Phi) is 24.9. The van der Waals surface area contributed by atoms with Crippen LogP contribution in [0.3, 0.4) is 0 Å². The lowest BCUT2D eigenvalue weighted by atomic mass is 9.85. The number of hydrogen-bond donors (Lipinski definition) is 6. The highest BCUT2D eigenvalue weighted by atomic mass is 31.2. The summed E-state index contributed by atoms with van der Waals surface area (Å²) in [6.07, 6.45) is -13.5. The van der Waals surface area contributed by atoms with Crippen LogP contribution in [0.2, 0.25) is 0 Å². The standard InChI is InChI=1S/C6H13O38P/c7-1-2(8)4(10)6(5(11)3(1)9)15-45(14,43-41-39-37-35-33-31-29-27-25-23-21-19-17-13)44-42-40-38-36-34-32-30-28-26-24-22-20-18-16-12/h1-13H/p-1/t1?,2-,3?,4?,5+,6?,45?/m0/s1. The van der Waals surface area contributed by atoms with Gasteiger partial charge in [0, 0.05) is 0 Å². The molecule has 5 unspecified atom stereocenters. The van der Waals surface area contributed by atoms with E-state index in [2.05, 4.69) is 150 Å². The normalized spacial score (nSPS) is 25.0. The molecule has 0 saturated heterocycles. The first-order valence-electron chi connectivity index (χ1n) is 9.11. The average molecular weight is 723 g/mol. The van der Waals surface area contributed by atoms with E-state index >= 15 is 0 Å². The van der Waals surface area contributed by atoms with Crippen molar-refractivity contribution in [2.45, 2.75) is 36.6 Å². The van der Waals surface area contributed by atoms with Crippen molar-refractivity contribution in [3.8, 4) is 0 Å². The summed E-state index contributed by atoms with van der Waals surface area (Å²) in [6.45, 7) is 0. The summed E-state index contributed by atoms with van der Waals surface area (Å²) in [5.41, 5.74) is 0. The van der Waals surface area contributed by atoms with Crippen molar-refractivity contribution in [3.63, 3.8) is 0 Å². The Morgan fingerprint density at radius 3 is 0.978 bits per heavy atom. The van der Waals surface area contributed by atoms with Crippen LogP contribution in [0.1, 0.15) is 0 Å². The number of hydrogen-bond acceptors (Lipinski definition) is 38. The first-order chi connectivity index (χ1) is 21.8. The van der Waals surface area contributed by atoms with Gasteiger partial charge in [-0.05, 0) is 131 Å². The quantitative estimate of drug-likeness (QED) is 0.0168. The van der Waals surface area contributed by atoms with Gasteiger partial charge in [0.15, 0.2) is 0 Å². The zero-order chi connectivity index (χ0) is 33.2. The van der Waals surface area contributed by atoms with Gasteiger partial charge in [-0.15, -0.1) is 0 Å². The van der Waals surface area contributed by atoms with Gasteiger partial charge in [0.25, 0.3) is 0 Å². The molecule has 1 aliphatic carbocycles. The highest BCUT2D eigenvalue weighted by Gasteiger charge is 2.52. The third-order valence-corrected chi connectivity index (χ3v) is 4.25. The molecule has 38 nitrogen and oxygen atoms in total. The lowest BCUT2D eigenvalue weighted by molar-refractivity contribution is -0.918. The molecule has 0 bridgehead atoms. The molecule has 1 rings (SSSR count). The summed E-state index contributed by atoms with van der Waals surface area (Å²) in [5, 5.41) is 158. The van der Waals surface area contributed by atoms with Crippen LogP contribution in [0.4, 0.5) is 0 Å². The van der Waals surface area contributed by atoms with Gasteiger partial charge in [0.05, 0.1) is 0 Å². The fraction of sp³-hybridized carbons (Fsp3) is 1.00. The van der Waals surface area contributed by atoms with Crippen LogP contribution in [0, 0.1) is 0 Å². The Labute approximate surface area is 236 Å². The maximum absolute atomic E-state index is 12.6. The molecule has 1 fully saturated rings. The molecule has 7 atom stereocenters. The Morgan fingerprint density at radius 1 is 0.400 bits per heavy atom. The molecule has 0 radical (unpaired) electrons. The fourth-order valence-electron chi connectivity index (χ4n) is 1.88. The van der Waals surface area contributed by atoms with Crippen molar-refractivity contribution >= 4 is 7.82 Å². The molecule has 0 aromatic heterocycles. The number of aliphatic hydroxyl groups is 5. The van der Waals surface area contributed by atoms with Crippen molar-refractivity contribution in [1.29, 1.82) is 0 Å². The highest BCUT2D eigenvalue weighted by molar-refractivity contribution is 7.48. The minimum absolute atomic E-state index is 2.12. The van der Waals surface area contributed by atoms with E-state index in [1.165, 1.54) is 0 Å². The molecule has 0 spiro atoms. The Bertz CT molecular complexity index is 690. The highest BCUT2D eigenvalue weighted by Crippen LogP contribution is 2.52. The number of rotatable bonds is 31. The van der Waals surface area contributed by atoms with Crippen LogP contribution in [0.25, 0.3) is 0 Å². The Balaban J connectivity index is 2.37. The predicted molar refractivity (Wildman–Crippen MR) is 76.6 cm³/mol. The van der Waals surface area contributed by atoms with E-state index in [0.29, 0.717) is 0 Å². The van der Waals surface area contributed by atoms with Crippen molar-refractivity contribution < 1.29 is 191 Å². The molecular weight excluding hydrogens is 711 g/mol. The molecular formula is C6H12O38P-. The number of phosphoric acid groups is 1. The molecule has 45 heavy (non-hydrogen) atoms.